The van der Waals surface area contributed by atoms with Gasteiger partial charge in [-0.25, -0.2) is 0 Å². The molecule has 0 fully saturated rings. The van der Waals surface area contributed by atoms with E-state index >= 15 is 0 Å². The van der Waals surface area contributed by atoms with Gasteiger partial charge in [0.25, 0.3) is 0 Å². The molecular formula is C15H19Cl2N3O. The molecule has 0 saturated heterocycles. The molecule has 0 radical (unpaired) electrons. The van der Waals surface area contributed by atoms with Crippen LogP contribution in [0.15, 0.2) is 22.7 Å². The average Bonchev–Trinajstić information content (AvgIpc) is 2.79. The van der Waals surface area contributed by atoms with Gasteiger partial charge in [0, 0.05) is 28.9 Å². The fourth-order valence-electron chi connectivity index (χ4n) is 1.77. The molecule has 0 spiro atoms. The van der Waals surface area contributed by atoms with Crippen molar-refractivity contribution in [2.45, 2.75) is 39.7 Å². The molecule has 0 amide bonds. The third-order valence-corrected chi connectivity index (χ3v) is 3.97. The highest BCUT2D eigenvalue weighted by Gasteiger charge is 2.23. The molecule has 0 aliphatic rings. The van der Waals surface area contributed by atoms with Crippen molar-refractivity contribution in [3.8, 4) is 0 Å². The maximum atomic E-state index is 6.14. The molecule has 2 rings (SSSR count). The van der Waals surface area contributed by atoms with Gasteiger partial charge in [-0.05, 0) is 23.1 Å². The molecule has 0 saturated carbocycles. The molecule has 0 aliphatic carbocycles. The van der Waals surface area contributed by atoms with Gasteiger partial charge in [0.05, 0.1) is 0 Å². The smallest absolute Gasteiger partial charge is 0.228 e. The third-order valence-electron chi connectivity index (χ3n) is 3.38. The summed E-state index contributed by atoms with van der Waals surface area (Å²) in [6.07, 6.45) is 1.06. The number of hydrogen-bond donors (Lipinski definition) is 1. The first-order chi connectivity index (χ1) is 9.75. The second kappa shape index (κ2) is 6.34. The molecule has 21 heavy (non-hydrogen) atoms. The Balaban J connectivity index is 2.06. The second-order valence-electron chi connectivity index (χ2n) is 6.19. The summed E-state index contributed by atoms with van der Waals surface area (Å²) in [6.45, 7) is 6.26. The van der Waals surface area contributed by atoms with E-state index in [0.717, 1.165) is 5.56 Å². The molecule has 1 atom stereocenters. The molecule has 0 aliphatic heterocycles. The predicted octanol–water partition coefficient (Wildman–Crippen LogP) is 3.88. The van der Waals surface area contributed by atoms with Gasteiger partial charge in [-0.15, -0.1) is 0 Å². The molecule has 0 bridgehead atoms. The summed E-state index contributed by atoms with van der Waals surface area (Å²) in [5, 5.41) is 5.18. The van der Waals surface area contributed by atoms with Gasteiger partial charge in [-0.3, -0.25) is 0 Å². The van der Waals surface area contributed by atoms with Crippen molar-refractivity contribution in [2.24, 2.45) is 11.1 Å². The largest absolute Gasteiger partial charge is 0.339 e. The number of hydrogen-bond acceptors (Lipinski definition) is 4. The van der Waals surface area contributed by atoms with Crippen molar-refractivity contribution in [1.82, 2.24) is 10.1 Å². The fourth-order valence-corrected chi connectivity index (χ4v) is 2.25. The van der Waals surface area contributed by atoms with Gasteiger partial charge in [-0.2, -0.15) is 4.98 Å². The molecule has 1 aromatic carbocycles. The molecule has 1 aromatic heterocycles. The van der Waals surface area contributed by atoms with Crippen LogP contribution in [0.5, 0.6) is 0 Å². The highest BCUT2D eigenvalue weighted by molar-refractivity contribution is 6.35. The molecule has 2 aromatic rings. The van der Waals surface area contributed by atoms with Crippen LogP contribution in [0.25, 0.3) is 0 Å². The van der Waals surface area contributed by atoms with Crippen LogP contribution in [0.3, 0.4) is 0 Å². The van der Waals surface area contributed by atoms with E-state index in [-0.39, 0.29) is 11.5 Å². The van der Waals surface area contributed by atoms with Gasteiger partial charge in [0.15, 0.2) is 5.82 Å². The first kappa shape index (κ1) is 16.3. The number of nitrogens with zero attached hydrogens (tertiary/aromatic N) is 2. The van der Waals surface area contributed by atoms with E-state index < -0.39 is 0 Å². The SMILES string of the molecule is CC(C)(C)C(N)Cc1nc(Cc2ccc(Cl)cc2Cl)no1. The van der Waals surface area contributed by atoms with E-state index in [0.29, 0.717) is 34.6 Å². The van der Waals surface area contributed by atoms with Gasteiger partial charge in [0.1, 0.15) is 0 Å². The van der Waals surface area contributed by atoms with E-state index in [1.165, 1.54) is 0 Å². The van der Waals surface area contributed by atoms with Crippen LogP contribution in [0.2, 0.25) is 10.0 Å². The lowest BCUT2D eigenvalue weighted by Crippen LogP contribution is -2.37. The Hall–Kier alpha value is -1.10. The second-order valence-corrected chi connectivity index (χ2v) is 7.04. The molecule has 114 valence electrons. The lowest BCUT2D eigenvalue weighted by Gasteiger charge is -2.25. The van der Waals surface area contributed by atoms with E-state index in [1.807, 2.05) is 6.07 Å². The Kier molecular flexibility index (Phi) is 4.91. The fraction of sp³-hybridized carbons (Fsp3) is 0.467. The van der Waals surface area contributed by atoms with Crippen LogP contribution in [-0.2, 0) is 12.8 Å². The predicted molar refractivity (Wildman–Crippen MR) is 84.7 cm³/mol. The van der Waals surface area contributed by atoms with Crippen LogP contribution in [0, 0.1) is 5.41 Å². The van der Waals surface area contributed by atoms with Crippen LogP contribution in [-0.4, -0.2) is 16.2 Å². The molecule has 2 N–H and O–H groups in total. The maximum absolute atomic E-state index is 6.14. The Bertz CT molecular complexity index is 620. The summed E-state index contributed by atoms with van der Waals surface area (Å²) in [7, 11) is 0. The first-order valence-corrected chi connectivity index (χ1v) is 7.52. The van der Waals surface area contributed by atoms with Crippen molar-refractivity contribution in [3.05, 3.63) is 45.5 Å². The van der Waals surface area contributed by atoms with Crippen molar-refractivity contribution < 1.29 is 4.52 Å². The molecular weight excluding hydrogens is 309 g/mol. The zero-order valence-corrected chi connectivity index (χ0v) is 13.9. The van der Waals surface area contributed by atoms with Gasteiger partial charge in [-0.1, -0.05) is 55.2 Å². The zero-order chi connectivity index (χ0) is 15.6. The van der Waals surface area contributed by atoms with Crippen LogP contribution in [0.4, 0.5) is 0 Å². The molecule has 1 unspecified atom stereocenters. The Morgan fingerprint density at radius 2 is 2.00 bits per heavy atom. The normalized spacial score (nSPS) is 13.4. The summed E-state index contributed by atoms with van der Waals surface area (Å²) >= 11 is 12.0. The quantitative estimate of drug-likeness (QED) is 0.925. The molecule has 6 heteroatoms. The number of halogens is 2. The maximum Gasteiger partial charge on any atom is 0.228 e. The summed E-state index contributed by atoms with van der Waals surface area (Å²) < 4.78 is 5.26. The number of rotatable bonds is 4. The van der Waals surface area contributed by atoms with Crippen molar-refractivity contribution in [1.29, 1.82) is 0 Å². The van der Waals surface area contributed by atoms with Crippen LogP contribution < -0.4 is 5.73 Å². The minimum absolute atomic E-state index is 0.00583. The summed E-state index contributed by atoms with van der Waals surface area (Å²) in [5.41, 5.74) is 7.03. The summed E-state index contributed by atoms with van der Waals surface area (Å²) in [5.74, 6) is 1.15. The van der Waals surface area contributed by atoms with E-state index in [1.54, 1.807) is 12.1 Å². The highest BCUT2D eigenvalue weighted by Crippen LogP contribution is 2.23. The standard InChI is InChI=1S/C15H19Cl2N3O/c1-15(2,3)12(18)8-14-19-13(20-21-14)6-9-4-5-10(16)7-11(9)17/h4-5,7,12H,6,8,18H2,1-3H3. The van der Waals surface area contributed by atoms with Crippen molar-refractivity contribution >= 4 is 23.2 Å². The minimum Gasteiger partial charge on any atom is -0.339 e. The van der Waals surface area contributed by atoms with Gasteiger partial charge in [0.2, 0.25) is 5.89 Å². The van der Waals surface area contributed by atoms with Crippen molar-refractivity contribution in [2.75, 3.05) is 0 Å². The zero-order valence-electron chi connectivity index (χ0n) is 12.4. The molecule has 4 nitrogen and oxygen atoms in total. The highest BCUT2D eigenvalue weighted by atomic mass is 35.5. The number of benzene rings is 1. The first-order valence-electron chi connectivity index (χ1n) is 6.76. The average molecular weight is 328 g/mol. The summed E-state index contributed by atoms with van der Waals surface area (Å²) in [4.78, 5) is 4.37. The third kappa shape index (κ3) is 4.43. The number of aromatic nitrogens is 2. The summed E-state index contributed by atoms with van der Waals surface area (Å²) in [6, 6.07) is 5.32. The number of nitrogens with two attached hydrogens (primary N) is 1. The Morgan fingerprint density at radius 3 is 2.62 bits per heavy atom. The van der Waals surface area contributed by atoms with E-state index in [9.17, 15) is 0 Å². The van der Waals surface area contributed by atoms with Gasteiger partial charge < -0.3 is 10.3 Å². The van der Waals surface area contributed by atoms with E-state index in [2.05, 4.69) is 30.9 Å². The minimum atomic E-state index is -0.0371. The Labute approximate surface area is 134 Å². The molecule has 1 heterocycles. The van der Waals surface area contributed by atoms with Crippen LogP contribution in [0.1, 0.15) is 38.0 Å². The van der Waals surface area contributed by atoms with Crippen molar-refractivity contribution in [3.63, 3.8) is 0 Å². The van der Waals surface area contributed by atoms with E-state index in [4.69, 9.17) is 33.5 Å². The Morgan fingerprint density at radius 1 is 1.29 bits per heavy atom. The van der Waals surface area contributed by atoms with Gasteiger partial charge >= 0.3 is 0 Å². The van der Waals surface area contributed by atoms with Crippen LogP contribution >= 0.6 is 23.2 Å². The lowest BCUT2D eigenvalue weighted by atomic mass is 9.85. The lowest BCUT2D eigenvalue weighted by molar-refractivity contribution is 0.285. The monoisotopic (exact) mass is 327 g/mol. The topological polar surface area (TPSA) is 64.9 Å².